The molecule has 0 aliphatic heterocycles. The summed E-state index contributed by atoms with van der Waals surface area (Å²) in [5, 5.41) is 13.0. The van der Waals surface area contributed by atoms with Gasteiger partial charge in [-0.1, -0.05) is 25.3 Å². The third kappa shape index (κ3) is 3.31. The van der Waals surface area contributed by atoms with E-state index in [4.69, 9.17) is 0 Å². The largest absolute Gasteiger partial charge is 0.394 e. The van der Waals surface area contributed by atoms with Crippen LogP contribution < -0.4 is 5.32 Å². The van der Waals surface area contributed by atoms with E-state index in [2.05, 4.69) is 21.2 Å². The monoisotopic (exact) mass is 315 g/mol. The van der Waals surface area contributed by atoms with Crippen molar-refractivity contribution in [1.82, 2.24) is 5.32 Å². The molecule has 0 atom stereocenters. The fourth-order valence-electron chi connectivity index (χ4n) is 2.56. The van der Waals surface area contributed by atoms with Gasteiger partial charge in [0, 0.05) is 12.1 Å². The van der Waals surface area contributed by atoms with Gasteiger partial charge in [-0.05, 0) is 46.5 Å². The van der Waals surface area contributed by atoms with Crippen LogP contribution >= 0.6 is 15.9 Å². The van der Waals surface area contributed by atoms with E-state index >= 15 is 0 Å². The summed E-state index contributed by atoms with van der Waals surface area (Å²) in [6, 6.07) is 5.15. The summed E-state index contributed by atoms with van der Waals surface area (Å²) < 4.78 is 13.9. The van der Waals surface area contributed by atoms with E-state index in [1.165, 1.54) is 12.5 Å². The summed E-state index contributed by atoms with van der Waals surface area (Å²) >= 11 is 3.15. The number of nitrogens with one attached hydrogen (secondary N) is 1. The second kappa shape index (κ2) is 6.13. The molecule has 1 aliphatic carbocycles. The van der Waals surface area contributed by atoms with E-state index in [0.29, 0.717) is 11.0 Å². The number of rotatable bonds is 4. The molecule has 2 rings (SSSR count). The standard InChI is InChI=1S/C14H19BrFNO/c15-12-5-4-11(8-13(12)16)9-17-14(10-18)6-2-1-3-7-14/h4-5,8,17-18H,1-3,6-7,9-10H2. The van der Waals surface area contributed by atoms with Crippen LogP contribution in [0.2, 0.25) is 0 Å². The Labute approximate surface area is 116 Å². The van der Waals surface area contributed by atoms with Gasteiger partial charge in [-0.2, -0.15) is 0 Å². The van der Waals surface area contributed by atoms with Crippen LogP contribution in [-0.2, 0) is 6.54 Å². The molecule has 18 heavy (non-hydrogen) atoms. The van der Waals surface area contributed by atoms with Gasteiger partial charge in [0.15, 0.2) is 0 Å². The minimum atomic E-state index is -0.240. The SMILES string of the molecule is OCC1(NCc2ccc(Br)c(F)c2)CCCCC1. The summed E-state index contributed by atoms with van der Waals surface area (Å²) in [7, 11) is 0. The molecule has 0 heterocycles. The average molecular weight is 316 g/mol. The van der Waals surface area contributed by atoms with E-state index in [1.54, 1.807) is 6.07 Å². The Bertz CT molecular complexity index is 405. The van der Waals surface area contributed by atoms with Gasteiger partial charge in [0.05, 0.1) is 11.1 Å². The molecule has 100 valence electrons. The average Bonchev–Trinajstić information content (AvgIpc) is 2.41. The Kier molecular flexibility index (Phi) is 4.76. The van der Waals surface area contributed by atoms with Gasteiger partial charge >= 0.3 is 0 Å². The summed E-state index contributed by atoms with van der Waals surface area (Å²) in [6.45, 7) is 0.761. The lowest BCUT2D eigenvalue weighted by Crippen LogP contribution is -2.49. The van der Waals surface area contributed by atoms with Crippen molar-refractivity contribution in [2.45, 2.75) is 44.2 Å². The molecule has 0 amide bonds. The molecule has 2 nitrogen and oxygen atoms in total. The molecule has 0 bridgehead atoms. The lowest BCUT2D eigenvalue weighted by molar-refractivity contribution is 0.119. The zero-order chi connectivity index (χ0) is 13.0. The second-order valence-electron chi connectivity index (χ2n) is 5.10. The van der Waals surface area contributed by atoms with Crippen molar-refractivity contribution in [3.8, 4) is 0 Å². The number of halogens is 2. The van der Waals surface area contributed by atoms with E-state index in [-0.39, 0.29) is 18.0 Å². The smallest absolute Gasteiger partial charge is 0.137 e. The maximum absolute atomic E-state index is 13.4. The van der Waals surface area contributed by atoms with Crippen molar-refractivity contribution in [2.75, 3.05) is 6.61 Å². The fourth-order valence-corrected chi connectivity index (χ4v) is 2.81. The van der Waals surface area contributed by atoms with Crippen molar-refractivity contribution < 1.29 is 9.50 Å². The maximum Gasteiger partial charge on any atom is 0.137 e. The van der Waals surface area contributed by atoms with Crippen molar-refractivity contribution in [3.05, 3.63) is 34.1 Å². The quantitative estimate of drug-likeness (QED) is 0.892. The predicted octanol–water partition coefficient (Wildman–Crippen LogP) is 3.37. The Morgan fingerprint density at radius 3 is 2.61 bits per heavy atom. The van der Waals surface area contributed by atoms with Gasteiger partial charge < -0.3 is 10.4 Å². The Morgan fingerprint density at radius 1 is 1.28 bits per heavy atom. The molecular weight excluding hydrogens is 297 g/mol. The third-order valence-corrected chi connectivity index (χ3v) is 4.41. The number of benzene rings is 1. The van der Waals surface area contributed by atoms with Gasteiger partial charge in [-0.15, -0.1) is 0 Å². The fraction of sp³-hybridized carbons (Fsp3) is 0.571. The zero-order valence-electron chi connectivity index (χ0n) is 10.4. The van der Waals surface area contributed by atoms with Crippen LogP contribution in [0.4, 0.5) is 4.39 Å². The molecule has 0 saturated heterocycles. The molecule has 0 aromatic heterocycles. The first-order valence-corrected chi connectivity index (χ1v) is 7.24. The van der Waals surface area contributed by atoms with E-state index < -0.39 is 0 Å². The summed E-state index contributed by atoms with van der Waals surface area (Å²) in [5.74, 6) is -0.240. The lowest BCUT2D eigenvalue weighted by atomic mass is 9.82. The topological polar surface area (TPSA) is 32.3 Å². The highest BCUT2D eigenvalue weighted by atomic mass is 79.9. The highest BCUT2D eigenvalue weighted by Crippen LogP contribution is 2.28. The normalized spacial score (nSPS) is 18.8. The molecule has 1 aromatic rings. The molecule has 4 heteroatoms. The molecule has 0 spiro atoms. The minimum Gasteiger partial charge on any atom is -0.394 e. The maximum atomic E-state index is 13.4. The van der Waals surface area contributed by atoms with Gasteiger partial charge in [0.2, 0.25) is 0 Å². The molecule has 1 aromatic carbocycles. The van der Waals surface area contributed by atoms with E-state index in [0.717, 1.165) is 31.2 Å². The Morgan fingerprint density at radius 2 is 2.00 bits per heavy atom. The summed E-state index contributed by atoms with van der Waals surface area (Å²) in [4.78, 5) is 0. The Balaban J connectivity index is 1.98. The van der Waals surface area contributed by atoms with Crippen LogP contribution in [-0.4, -0.2) is 17.3 Å². The van der Waals surface area contributed by atoms with Crippen LogP contribution in [0.15, 0.2) is 22.7 Å². The second-order valence-corrected chi connectivity index (χ2v) is 5.96. The van der Waals surface area contributed by atoms with Gasteiger partial charge in [0.25, 0.3) is 0 Å². The van der Waals surface area contributed by atoms with Crippen LogP contribution in [0, 0.1) is 5.82 Å². The summed E-state index contributed by atoms with van der Waals surface area (Å²) in [5.41, 5.74) is 0.746. The van der Waals surface area contributed by atoms with Crippen molar-refractivity contribution in [1.29, 1.82) is 0 Å². The minimum absolute atomic E-state index is 0.159. The molecule has 1 saturated carbocycles. The van der Waals surface area contributed by atoms with Crippen LogP contribution in [0.3, 0.4) is 0 Å². The predicted molar refractivity (Wildman–Crippen MR) is 73.8 cm³/mol. The molecule has 0 unspecified atom stereocenters. The number of aliphatic hydroxyl groups is 1. The van der Waals surface area contributed by atoms with Crippen molar-refractivity contribution in [3.63, 3.8) is 0 Å². The van der Waals surface area contributed by atoms with Crippen molar-refractivity contribution >= 4 is 15.9 Å². The molecule has 1 aliphatic rings. The first kappa shape index (κ1) is 14.0. The first-order chi connectivity index (χ1) is 8.65. The van der Waals surface area contributed by atoms with Crippen LogP contribution in [0.25, 0.3) is 0 Å². The third-order valence-electron chi connectivity index (χ3n) is 3.76. The zero-order valence-corrected chi connectivity index (χ0v) is 12.0. The van der Waals surface area contributed by atoms with Gasteiger partial charge in [0.1, 0.15) is 5.82 Å². The van der Waals surface area contributed by atoms with Gasteiger partial charge in [-0.25, -0.2) is 4.39 Å². The highest BCUT2D eigenvalue weighted by molar-refractivity contribution is 9.10. The molecular formula is C14H19BrFNO. The Hall–Kier alpha value is -0.450. The number of hydrogen-bond acceptors (Lipinski definition) is 2. The first-order valence-electron chi connectivity index (χ1n) is 6.45. The van der Waals surface area contributed by atoms with Gasteiger partial charge in [-0.3, -0.25) is 0 Å². The van der Waals surface area contributed by atoms with Crippen molar-refractivity contribution in [2.24, 2.45) is 0 Å². The summed E-state index contributed by atoms with van der Waals surface area (Å²) in [6.07, 6.45) is 5.56. The number of aliphatic hydroxyl groups excluding tert-OH is 1. The van der Waals surface area contributed by atoms with Crippen LogP contribution in [0.1, 0.15) is 37.7 Å². The highest BCUT2D eigenvalue weighted by Gasteiger charge is 2.30. The molecule has 2 N–H and O–H groups in total. The van der Waals surface area contributed by atoms with E-state index in [9.17, 15) is 9.50 Å². The molecule has 0 radical (unpaired) electrons. The number of hydrogen-bond donors (Lipinski definition) is 2. The van der Waals surface area contributed by atoms with E-state index in [1.807, 2.05) is 6.07 Å². The molecule has 1 fully saturated rings. The lowest BCUT2D eigenvalue weighted by Gasteiger charge is -2.36. The van der Waals surface area contributed by atoms with Crippen LogP contribution in [0.5, 0.6) is 0 Å².